The van der Waals surface area contributed by atoms with Crippen molar-refractivity contribution in [2.45, 2.75) is 56.6 Å². The molecule has 2 fully saturated rings. The molecule has 1 saturated carbocycles. The lowest BCUT2D eigenvalue weighted by Crippen LogP contribution is -2.42. The maximum atomic E-state index is 14.6. The quantitative estimate of drug-likeness (QED) is 0.868. The van der Waals surface area contributed by atoms with Crippen molar-refractivity contribution in [1.82, 2.24) is 14.6 Å². The van der Waals surface area contributed by atoms with E-state index in [0.29, 0.717) is 19.0 Å². The summed E-state index contributed by atoms with van der Waals surface area (Å²) in [4.78, 5) is 4.21. The van der Waals surface area contributed by atoms with Gasteiger partial charge in [-0.1, -0.05) is 24.9 Å². The number of fused-ring (bicyclic) bond motifs is 1. The number of aromatic nitrogens is 3. The number of anilines is 1. The van der Waals surface area contributed by atoms with Crippen molar-refractivity contribution in [3.8, 4) is 0 Å². The van der Waals surface area contributed by atoms with E-state index in [-0.39, 0.29) is 28.6 Å². The van der Waals surface area contributed by atoms with Crippen molar-refractivity contribution >= 4 is 23.1 Å². The van der Waals surface area contributed by atoms with Crippen molar-refractivity contribution in [2.24, 2.45) is 0 Å². The first-order chi connectivity index (χ1) is 12.1. The Bertz CT molecular complexity index is 787. The molecule has 1 aliphatic heterocycles. The van der Waals surface area contributed by atoms with Gasteiger partial charge in [-0.05, 0) is 25.7 Å². The summed E-state index contributed by atoms with van der Waals surface area (Å²) in [6.45, 7) is 2.96. The van der Waals surface area contributed by atoms with Gasteiger partial charge in [0.05, 0.1) is 30.6 Å². The second-order valence-corrected chi connectivity index (χ2v) is 7.40. The zero-order valence-electron chi connectivity index (χ0n) is 14.1. The Labute approximate surface area is 150 Å². The number of aliphatic hydroxyl groups is 1. The van der Waals surface area contributed by atoms with E-state index in [1.807, 2.05) is 0 Å². The highest BCUT2D eigenvalue weighted by Gasteiger charge is 2.42. The number of halogens is 2. The Morgan fingerprint density at radius 1 is 1.52 bits per heavy atom. The SMILES string of the molecule is CCC1(c2c(Cl)c(F)c3cnc(N[C@@H]4CCOC[C@H]4O)nn23)CCC1. The summed E-state index contributed by atoms with van der Waals surface area (Å²) in [5.74, 6) is -0.106. The molecule has 25 heavy (non-hydrogen) atoms. The zero-order chi connectivity index (χ0) is 17.6. The van der Waals surface area contributed by atoms with Crippen LogP contribution in [0.1, 0.15) is 44.7 Å². The van der Waals surface area contributed by atoms with Gasteiger partial charge < -0.3 is 15.2 Å². The standard InChI is InChI=1S/C17H22ClFN4O2/c1-2-17(5-3-6-17)15-13(18)14(19)11-8-20-16(22-23(11)15)21-10-4-7-25-9-12(10)24/h8,10,12,24H,2-7,9H2,1H3,(H,21,22)/t10-,12-/m1/s1. The van der Waals surface area contributed by atoms with Gasteiger partial charge >= 0.3 is 0 Å². The fourth-order valence-corrected chi connectivity index (χ4v) is 4.30. The first-order valence-electron chi connectivity index (χ1n) is 8.81. The van der Waals surface area contributed by atoms with Gasteiger partial charge in [-0.15, -0.1) is 5.10 Å². The molecular formula is C17H22ClFN4O2. The van der Waals surface area contributed by atoms with Crippen LogP contribution in [0.3, 0.4) is 0 Å². The van der Waals surface area contributed by atoms with E-state index in [1.54, 1.807) is 4.52 Å². The normalized spacial score (nSPS) is 25.8. The Hall–Kier alpha value is -1.44. The summed E-state index contributed by atoms with van der Waals surface area (Å²) >= 11 is 6.34. The molecular weight excluding hydrogens is 347 g/mol. The van der Waals surface area contributed by atoms with E-state index in [4.69, 9.17) is 16.3 Å². The third-order valence-corrected chi connectivity index (χ3v) is 6.04. The molecule has 0 bridgehead atoms. The molecule has 0 unspecified atom stereocenters. The van der Waals surface area contributed by atoms with E-state index in [1.165, 1.54) is 6.20 Å². The molecule has 8 heteroatoms. The van der Waals surface area contributed by atoms with E-state index >= 15 is 0 Å². The highest BCUT2D eigenvalue weighted by Crippen LogP contribution is 2.49. The third-order valence-electron chi connectivity index (χ3n) is 5.70. The summed E-state index contributed by atoms with van der Waals surface area (Å²) in [5.41, 5.74) is 0.917. The lowest BCUT2D eigenvalue weighted by molar-refractivity contribution is -0.0136. The lowest BCUT2D eigenvalue weighted by atomic mass is 9.65. The van der Waals surface area contributed by atoms with Crippen LogP contribution in [0.5, 0.6) is 0 Å². The highest BCUT2D eigenvalue weighted by molar-refractivity contribution is 6.32. The summed E-state index contributed by atoms with van der Waals surface area (Å²) in [6, 6.07) is -0.186. The van der Waals surface area contributed by atoms with Gasteiger partial charge in [0.2, 0.25) is 5.95 Å². The fourth-order valence-electron chi connectivity index (χ4n) is 3.92. The predicted molar refractivity (Wildman–Crippen MR) is 92.6 cm³/mol. The van der Waals surface area contributed by atoms with Gasteiger partial charge in [0.15, 0.2) is 5.82 Å². The smallest absolute Gasteiger partial charge is 0.241 e. The van der Waals surface area contributed by atoms with Gasteiger partial charge in [0, 0.05) is 12.0 Å². The van der Waals surface area contributed by atoms with E-state index in [2.05, 4.69) is 22.3 Å². The molecule has 3 heterocycles. The maximum Gasteiger partial charge on any atom is 0.241 e. The number of aliphatic hydroxyl groups excluding tert-OH is 1. The molecule has 136 valence electrons. The van der Waals surface area contributed by atoms with Gasteiger partial charge in [-0.25, -0.2) is 13.9 Å². The van der Waals surface area contributed by atoms with Gasteiger partial charge in [0.1, 0.15) is 10.5 Å². The van der Waals surface area contributed by atoms with Crippen molar-refractivity contribution in [2.75, 3.05) is 18.5 Å². The summed E-state index contributed by atoms with van der Waals surface area (Å²) in [6.07, 6.45) is 5.47. The van der Waals surface area contributed by atoms with Crippen molar-refractivity contribution in [1.29, 1.82) is 0 Å². The minimum atomic E-state index is -0.619. The van der Waals surface area contributed by atoms with Crippen molar-refractivity contribution in [3.05, 3.63) is 22.7 Å². The molecule has 0 aromatic carbocycles. The molecule has 0 amide bonds. The Morgan fingerprint density at radius 2 is 2.32 bits per heavy atom. The summed E-state index contributed by atoms with van der Waals surface area (Å²) in [5, 5.41) is 17.8. The van der Waals surface area contributed by atoms with Gasteiger partial charge in [-0.2, -0.15) is 0 Å². The lowest BCUT2D eigenvalue weighted by Gasteiger charge is -2.41. The van der Waals surface area contributed by atoms with Crippen LogP contribution < -0.4 is 5.32 Å². The topological polar surface area (TPSA) is 71.7 Å². The maximum absolute atomic E-state index is 14.6. The molecule has 1 saturated heterocycles. The van der Waals surface area contributed by atoms with E-state index in [9.17, 15) is 9.50 Å². The minimum Gasteiger partial charge on any atom is -0.389 e. The van der Waals surface area contributed by atoms with Crippen LogP contribution >= 0.6 is 11.6 Å². The second kappa shape index (κ2) is 6.37. The number of nitrogens with one attached hydrogen (secondary N) is 1. The fraction of sp³-hybridized carbons (Fsp3) is 0.647. The van der Waals surface area contributed by atoms with Crippen molar-refractivity contribution < 1.29 is 14.2 Å². The number of ether oxygens (including phenoxy) is 1. The molecule has 0 radical (unpaired) electrons. The number of rotatable bonds is 4. The van der Waals surface area contributed by atoms with E-state index in [0.717, 1.165) is 31.4 Å². The molecule has 0 spiro atoms. The predicted octanol–water partition coefficient (Wildman–Crippen LogP) is 2.92. The molecule has 2 aromatic heterocycles. The second-order valence-electron chi connectivity index (χ2n) is 7.02. The van der Waals surface area contributed by atoms with Crippen LogP contribution in [0.2, 0.25) is 5.02 Å². The van der Waals surface area contributed by atoms with Gasteiger partial charge in [-0.3, -0.25) is 0 Å². The summed E-state index contributed by atoms with van der Waals surface area (Å²) < 4.78 is 21.4. The highest BCUT2D eigenvalue weighted by atomic mass is 35.5. The monoisotopic (exact) mass is 368 g/mol. The average molecular weight is 369 g/mol. The number of nitrogens with zero attached hydrogens (tertiary/aromatic N) is 3. The van der Waals surface area contributed by atoms with Gasteiger partial charge in [0.25, 0.3) is 0 Å². The van der Waals surface area contributed by atoms with Crippen LogP contribution in [0.4, 0.5) is 10.3 Å². The largest absolute Gasteiger partial charge is 0.389 e. The van der Waals surface area contributed by atoms with E-state index < -0.39 is 11.9 Å². The molecule has 2 aliphatic rings. The molecule has 4 rings (SSSR count). The molecule has 6 nitrogen and oxygen atoms in total. The average Bonchev–Trinajstić information content (AvgIpc) is 2.82. The molecule has 1 aliphatic carbocycles. The first-order valence-corrected chi connectivity index (χ1v) is 9.19. The molecule has 2 N–H and O–H groups in total. The Balaban J connectivity index is 1.74. The molecule has 2 atom stereocenters. The van der Waals surface area contributed by atoms with Crippen LogP contribution in [0.25, 0.3) is 5.52 Å². The van der Waals surface area contributed by atoms with Crippen LogP contribution in [-0.4, -0.2) is 45.1 Å². The Morgan fingerprint density at radius 3 is 2.96 bits per heavy atom. The molecule has 2 aromatic rings. The van der Waals surface area contributed by atoms with Crippen LogP contribution in [0.15, 0.2) is 6.20 Å². The third kappa shape index (κ3) is 2.69. The summed E-state index contributed by atoms with van der Waals surface area (Å²) in [7, 11) is 0. The number of hydrogen-bond donors (Lipinski definition) is 2. The number of hydrogen-bond acceptors (Lipinski definition) is 5. The minimum absolute atomic E-state index is 0.117. The van der Waals surface area contributed by atoms with Crippen LogP contribution in [-0.2, 0) is 10.2 Å². The zero-order valence-corrected chi connectivity index (χ0v) is 14.9. The van der Waals surface area contributed by atoms with Crippen molar-refractivity contribution in [3.63, 3.8) is 0 Å². The van der Waals surface area contributed by atoms with Crippen LogP contribution in [0, 0.1) is 5.82 Å². The first kappa shape index (κ1) is 17.0. The Kier molecular flexibility index (Phi) is 4.33.